The van der Waals surface area contributed by atoms with E-state index in [-0.39, 0.29) is 42.5 Å². The summed E-state index contributed by atoms with van der Waals surface area (Å²) in [7, 11) is 0. The zero-order chi connectivity index (χ0) is 24.8. The lowest BCUT2D eigenvalue weighted by molar-refractivity contribution is -0.121. The normalized spacial score (nSPS) is 11.9. The summed E-state index contributed by atoms with van der Waals surface area (Å²) in [5.74, 6) is -0.0734. The molecule has 0 fully saturated rings. The number of nitrogens with one attached hydrogen (secondary N) is 1. The van der Waals surface area contributed by atoms with Gasteiger partial charge in [0.05, 0.1) is 11.6 Å². The van der Waals surface area contributed by atoms with Gasteiger partial charge in [-0.1, -0.05) is 26.0 Å². The molecule has 0 aliphatic rings. The largest absolute Gasteiger partial charge is 0.473 e. The highest BCUT2D eigenvalue weighted by Gasteiger charge is 2.16. The van der Waals surface area contributed by atoms with Crippen LogP contribution < -0.4 is 10.1 Å². The second-order valence-corrected chi connectivity index (χ2v) is 8.79. The summed E-state index contributed by atoms with van der Waals surface area (Å²) in [5.41, 5.74) is 4.34. The molecule has 0 spiro atoms. The van der Waals surface area contributed by atoms with Crippen LogP contribution in [0.3, 0.4) is 0 Å². The summed E-state index contributed by atoms with van der Waals surface area (Å²) in [6.07, 6.45) is 1.75. The van der Waals surface area contributed by atoms with Crippen LogP contribution in [-0.4, -0.2) is 21.7 Å². The quantitative estimate of drug-likeness (QED) is 0.479. The van der Waals surface area contributed by atoms with Crippen LogP contribution in [0.4, 0.5) is 4.39 Å². The number of ketones is 1. The predicted molar refractivity (Wildman–Crippen MR) is 128 cm³/mol. The summed E-state index contributed by atoms with van der Waals surface area (Å²) in [6, 6.07) is 11.3. The zero-order valence-corrected chi connectivity index (χ0v) is 20.2. The number of nitrogens with zero attached hydrogens (tertiary/aromatic N) is 2. The van der Waals surface area contributed by atoms with Crippen molar-refractivity contribution in [2.45, 2.75) is 53.7 Å². The highest BCUT2D eigenvalue weighted by Crippen LogP contribution is 2.20. The minimum atomic E-state index is -0.301. The molecule has 1 atom stereocenters. The molecule has 1 aromatic carbocycles. The molecule has 0 radical (unpaired) electrons. The molecule has 6 nitrogen and oxygen atoms in total. The van der Waals surface area contributed by atoms with Crippen molar-refractivity contribution >= 4 is 11.7 Å². The highest BCUT2D eigenvalue weighted by atomic mass is 19.1. The number of rotatable bonds is 9. The molecular weight excluding hydrogens is 433 g/mol. The van der Waals surface area contributed by atoms with Gasteiger partial charge in [-0.3, -0.25) is 14.6 Å². The Labute approximate surface area is 199 Å². The summed E-state index contributed by atoms with van der Waals surface area (Å²) in [5, 5.41) is 2.98. The summed E-state index contributed by atoms with van der Waals surface area (Å²) >= 11 is 0. The van der Waals surface area contributed by atoms with E-state index in [2.05, 4.69) is 15.3 Å². The maximum Gasteiger partial charge on any atom is 0.253 e. The Morgan fingerprint density at radius 2 is 1.76 bits per heavy atom. The fraction of sp³-hybridized carbons (Fsp3) is 0.333. The van der Waals surface area contributed by atoms with Gasteiger partial charge in [0.15, 0.2) is 0 Å². The lowest BCUT2D eigenvalue weighted by atomic mass is 10.0. The van der Waals surface area contributed by atoms with Gasteiger partial charge in [-0.05, 0) is 62.2 Å². The van der Waals surface area contributed by atoms with E-state index in [9.17, 15) is 14.0 Å². The first-order valence-electron chi connectivity index (χ1n) is 11.3. The second-order valence-electron chi connectivity index (χ2n) is 8.79. The molecule has 0 aliphatic heterocycles. The summed E-state index contributed by atoms with van der Waals surface area (Å²) in [6.45, 7) is 9.58. The third-order valence-corrected chi connectivity index (χ3v) is 5.46. The van der Waals surface area contributed by atoms with Crippen LogP contribution in [0.25, 0.3) is 0 Å². The molecule has 34 heavy (non-hydrogen) atoms. The molecule has 1 N–H and O–H groups in total. The van der Waals surface area contributed by atoms with Crippen molar-refractivity contribution in [2.75, 3.05) is 0 Å². The van der Waals surface area contributed by atoms with E-state index in [1.807, 2.05) is 46.8 Å². The van der Waals surface area contributed by atoms with Crippen LogP contribution in [0.2, 0.25) is 0 Å². The molecule has 1 unspecified atom stereocenters. The van der Waals surface area contributed by atoms with E-state index in [4.69, 9.17) is 4.74 Å². The van der Waals surface area contributed by atoms with Gasteiger partial charge in [0.2, 0.25) is 5.88 Å². The van der Waals surface area contributed by atoms with Gasteiger partial charge in [-0.15, -0.1) is 0 Å². The number of hydrogen-bond acceptors (Lipinski definition) is 5. The van der Waals surface area contributed by atoms with Gasteiger partial charge >= 0.3 is 0 Å². The van der Waals surface area contributed by atoms with Gasteiger partial charge < -0.3 is 10.1 Å². The van der Waals surface area contributed by atoms with Crippen molar-refractivity contribution < 1.29 is 18.7 Å². The summed E-state index contributed by atoms with van der Waals surface area (Å²) < 4.78 is 18.8. The van der Waals surface area contributed by atoms with Gasteiger partial charge in [-0.2, -0.15) is 0 Å². The number of amides is 1. The van der Waals surface area contributed by atoms with Crippen molar-refractivity contribution in [3.63, 3.8) is 0 Å². The van der Waals surface area contributed by atoms with E-state index in [1.165, 1.54) is 18.3 Å². The predicted octanol–water partition coefficient (Wildman–Crippen LogP) is 5.07. The van der Waals surface area contributed by atoms with Crippen molar-refractivity contribution in [1.82, 2.24) is 15.3 Å². The summed E-state index contributed by atoms with van der Waals surface area (Å²) in [4.78, 5) is 33.7. The standard InChI is InChI=1S/C27H30FN3O3/c1-16(2)25(32)13-24-12-21(11-18(4)30-24)19(5)31-26(33)22-10-17(3)27(29-14-22)34-15-20-6-8-23(28)9-7-20/h6-12,14,16,19H,13,15H2,1-5H3,(H,31,33). The fourth-order valence-electron chi connectivity index (χ4n) is 3.42. The van der Waals surface area contributed by atoms with Gasteiger partial charge in [-0.25, -0.2) is 9.37 Å². The highest BCUT2D eigenvalue weighted by molar-refractivity contribution is 5.94. The van der Waals surface area contributed by atoms with E-state index >= 15 is 0 Å². The molecule has 0 aliphatic carbocycles. The molecule has 0 saturated heterocycles. The van der Waals surface area contributed by atoms with E-state index < -0.39 is 0 Å². The molecule has 2 heterocycles. The van der Waals surface area contributed by atoms with Crippen molar-refractivity contribution in [3.8, 4) is 5.88 Å². The minimum absolute atomic E-state index is 0.0544. The third kappa shape index (κ3) is 6.70. The number of carbonyl (C=O) groups is 2. The Kier molecular flexibility index (Phi) is 8.10. The van der Waals surface area contributed by atoms with Crippen molar-refractivity contribution in [1.29, 1.82) is 0 Å². The van der Waals surface area contributed by atoms with Crippen LogP contribution in [0, 0.1) is 25.6 Å². The van der Waals surface area contributed by atoms with Gasteiger partial charge in [0.1, 0.15) is 18.2 Å². The monoisotopic (exact) mass is 463 g/mol. The Hall–Kier alpha value is -3.61. The maximum atomic E-state index is 13.0. The van der Waals surface area contributed by atoms with Crippen LogP contribution >= 0.6 is 0 Å². The smallest absolute Gasteiger partial charge is 0.253 e. The van der Waals surface area contributed by atoms with Crippen LogP contribution in [0.15, 0.2) is 48.7 Å². The lowest BCUT2D eigenvalue weighted by Crippen LogP contribution is -2.27. The van der Waals surface area contributed by atoms with Crippen molar-refractivity contribution in [2.24, 2.45) is 5.92 Å². The third-order valence-electron chi connectivity index (χ3n) is 5.46. The first-order chi connectivity index (χ1) is 16.1. The molecule has 3 aromatic rings. The Balaban J connectivity index is 1.65. The first kappa shape index (κ1) is 25.0. The number of hydrogen-bond donors (Lipinski definition) is 1. The van der Waals surface area contributed by atoms with Gasteiger partial charge in [0.25, 0.3) is 5.91 Å². The molecule has 0 bridgehead atoms. The molecule has 3 rings (SSSR count). The number of pyridine rings is 2. The number of carbonyl (C=O) groups excluding carboxylic acids is 2. The number of aryl methyl sites for hydroxylation is 2. The van der Waals surface area contributed by atoms with E-state index in [0.717, 1.165) is 22.4 Å². The van der Waals surface area contributed by atoms with Crippen LogP contribution in [0.1, 0.15) is 65.2 Å². The fourth-order valence-corrected chi connectivity index (χ4v) is 3.42. The van der Waals surface area contributed by atoms with Crippen LogP contribution in [0.5, 0.6) is 5.88 Å². The lowest BCUT2D eigenvalue weighted by Gasteiger charge is -2.17. The number of ether oxygens (including phenoxy) is 1. The molecule has 1 amide bonds. The van der Waals surface area contributed by atoms with E-state index in [1.54, 1.807) is 18.2 Å². The van der Waals surface area contributed by atoms with Gasteiger partial charge in [0, 0.05) is 35.5 Å². The molecular formula is C27H30FN3O3. The molecule has 0 saturated carbocycles. The molecule has 2 aromatic heterocycles. The Morgan fingerprint density at radius 3 is 2.41 bits per heavy atom. The number of aromatic nitrogens is 2. The second kappa shape index (κ2) is 11.0. The van der Waals surface area contributed by atoms with E-state index in [0.29, 0.717) is 17.1 Å². The number of Topliss-reactive ketones (excluding diaryl/α,β-unsaturated/α-hetero) is 1. The number of benzene rings is 1. The SMILES string of the molecule is Cc1cc(C(C)NC(=O)c2cnc(OCc3ccc(F)cc3)c(C)c2)cc(CC(=O)C(C)C)n1. The zero-order valence-electron chi connectivity index (χ0n) is 20.2. The maximum absolute atomic E-state index is 13.0. The molecule has 178 valence electrons. The minimum Gasteiger partial charge on any atom is -0.473 e. The van der Waals surface area contributed by atoms with Crippen molar-refractivity contribution in [3.05, 3.63) is 88.1 Å². The Bertz CT molecular complexity index is 1180. The first-order valence-corrected chi connectivity index (χ1v) is 11.3. The average molecular weight is 464 g/mol. The van der Waals surface area contributed by atoms with Crippen LogP contribution in [-0.2, 0) is 17.8 Å². The number of halogens is 1. The average Bonchev–Trinajstić information content (AvgIpc) is 2.78. The Morgan fingerprint density at radius 1 is 1.06 bits per heavy atom. The molecule has 7 heteroatoms. The topological polar surface area (TPSA) is 81.2 Å².